The largest absolute Gasteiger partial charge is 0.378 e. The number of hydrogen-bond acceptors (Lipinski definition) is 5. The highest BCUT2D eigenvalue weighted by Gasteiger charge is 2.21. The van der Waals surface area contributed by atoms with Gasteiger partial charge in [-0.1, -0.05) is 12.1 Å². The first kappa shape index (κ1) is 13.8. The third-order valence-corrected chi connectivity index (χ3v) is 3.88. The van der Waals surface area contributed by atoms with Crippen molar-refractivity contribution in [2.75, 3.05) is 19.0 Å². The molecule has 0 saturated heterocycles. The third-order valence-electron chi connectivity index (χ3n) is 2.67. The molecule has 1 aromatic carbocycles. The molecular weight excluding hydrogens is 288 g/mol. The van der Waals surface area contributed by atoms with Crippen LogP contribution >= 0.6 is 10.7 Å². The Labute approximate surface area is 116 Å². The van der Waals surface area contributed by atoms with Crippen molar-refractivity contribution in [3.8, 4) is 11.4 Å². The van der Waals surface area contributed by atoms with Gasteiger partial charge in [-0.3, -0.25) is 4.57 Å². The molecule has 0 aliphatic rings. The van der Waals surface area contributed by atoms with E-state index in [1.807, 2.05) is 43.3 Å². The number of rotatable bonds is 3. The second kappa shape index (κ2) is 4.82. The van der Waals surface area contributed by atoms with E-state index in [1.54, 1.807) is 7.05 Å². The van der Waals surface area contributed by atoms with Crippen molar-refractivity contribution in [3.63, 3.8) is 0 Å². The van der Waals surface area contributed by atoms with Gasteiger partial charge < -0.3 is 4.90 Å². The summed E-state index contributed by atoms with van der Waals surface area (Å²) in [5.41, 5.74) is 1.75. The summed E-state index contributed by atoms with van der Waals surface area (Å²) in [6.45, 7) is 0. The van der Waals surface area contributed by atoms with Crippen molar-refractivity contribution < 1.29 is 8.42 Å². The van der Waals surface area contributed by atoms with Crippen LogP contribution in [0.3, 0.4) is 0 Å². The van der Waals surface area contributed by atoms with E-state index in [-0.39, 0.29) is 5.16 Å². The zero-order valence-corrected chi connectivity index (χ0v) is 12.3. The Morgan fingerprint density at radius 3 is 2.47 bits per heavy atom. The van der Waals surface area contributed by atoms with Crippen LogP contribution in [0.25, 0.3) is 11.4 Å². The number of hydrogen-bond donors (Lipinski definition) is 0. The molecule has 0 amide bonds. The summed E-state index contributed by atoms with van der Waals surface area (Å²) in [5.74, 6) is 0.447. The molecule has 102 valence electrons. The second-order valence-corrected chi connectivity index (χ2v) is 6.71. The first-order valence-corrected chi connectivity index (χ1v) is 7.73. The second-order valence-electron chi connectivity index (χ2n) is 4.25. The number of aromatic nitrogens is 3. The van der Waals surface area contributed by atoms with E-state index in [0.29, 0.717) is 5.82 Å². The molecule has 0 spiro atoms. The lowest BCUT2D eigenvalue weighted by Crippen LogP contribution is -2.08. The molecule has 19 heavy (non-hydrogen) atoms. The maximum atomic E-state index is 11.3. The van der Waals surface area contributed by atoms with E-state index < -0.39 is 9.05 Å². The predicted octanol–water partition coefficient (Wildman–Crippen LogP) is 1.48. The first-order valence-electron chi connectivity index (χ1n) is 5.42. The fraction of sp³-hybridized carbons (Fsp3) is 0.273. The first-order chi connectivity index (χ1) is 8.80. The van der Waals surface area contributed by atoms with Gasteiger partial charge in [0.15, 0.2) is 5.82 Å². The molecule has 2 aromatic rings. The van der Waals surface area contributed by atoms with Crippen LogP contribution in [0, 0.1) is 0 Å². The zero-order chi connectivity index (χ0) is 14.2. The highest BCUT2D eigenvalue weighted by Crippen LogP contribution is 2.24. The lowest BCUT2D eigenvalue weighted by molar-refractivity contribution is 0.593. The molecule has 6 nitrogen and oxygen atoms in total. The summed E-state index contributed by atoms with van der Waals surface area (Å²) in [4.78, 5) is 1.94. The molecule has 0 N–H and O–H groups in total. The van der Waals surface area contributed by atoms with Crippen LogP contribution in [-0.2, 0) is 16.1 Å². The number of benzene rings is 1. The molecule has 0 unspecified atom stereocenters. The molecule has 0 bridgehead atoms. The molecular formula is C11H13ClN4O2S. The molecule has 1 heterocycles. The molecule has 0 fully saturated rings. The highest BCUT2D eigenvalue weighted by atomic mass is 35.7. The maximum absolute atomic E-state index is 11.3. The van der Waals surface area contributed by atoms with Crippen LogP contribution in [0.5, 0.6) is 0 Å². The van der Waals surface area contributed by atoms with Gasteiger partial charge >= 0.3 is 0 Å². The Balaban J connectivity index is 2.55. The van der Waals surface area contributed by atoms with Crippen LogP contribution in [-0.4, -0.2) is 37.3 Å². The Morgan fingerprint density at radius 2 is 1.95 bits per heavy atom. The van der Waals surface area contributed by atoms with Gasteiger partial charge in [0.05, 0.1) is 0 Å². The maximum Gasteiger partial charge on any atom is 0.296 e. The monoisotopic (exact) mass is 300 g/mol. The Hall–Kier alpha value is -1.60. The van der Waals surface area contributed by atoms with Crippen molar-refractivity contribution in [2.24, 2.45) is 7.05 Å². The summed E-state index contributed by atoms with van der Waals surface area (Å²) >= 11 is 0. The molecule has 0 aliphatic heterocycles. The van der Waals surface area contributed by atoms with Gasteiger partial charge in [0.2, 0.25) is 0 Å². The molecule has 0 atom stereocenters. The SMILES string of the molecule is CN(C)c1cccc(-c2nnc(S(=O)(=O)Cl)n2C)c1. The average Bonchev–Trinajstić information content (AvgIpc) is 2.71. The molecule has 0 aliphatic carbocycles. The van der Waals surface area contributed by atoms with Crippen molar-refractivity contribution in [1.82, 2.24) is 14.8 Å². The Kier molecular flexibility index (Phi) is 3.51. The van der Waals surface area contributed by atoms with Gasteiger partial charge in [-0.25, -0.2) is 8.42 Å². The summed E-state index contributed by atoms with van der Waals surface area (Å²) in [6, 6.07) is 7.55. The van der Waals surface area contributed by atoms with Crippen LogP contribution < -0.4 is 4.90 Å². The number of nitrogens with zero attached hydrogens (tertiary/aromatic N) is 4. The minimum Gasteiger partial charge on any atom is -0.378 e. The van der Waals surface area contributed by atoms with Crippen molar-refractivity contribution in [3.05, 3.63) is 24.3 Å². The number of halogens is 1. The van der Waals surface area contributed by atoms with E-state index in [9.17, 15) is 8.42 Å². The van der Waals surface area contributed by atoms with Gasteiger partial charge in [0.1, 0.15) is 0 Å². The van der Waals surface area contributed by atoms with Gasteiger partial charge in [0, 0.05) is 43.1 Å². The van der Waals surface area contributed by atoms with Gasteiger partial charge in [-0.15, -0.1) is 10.2 Å². The van der Waals surface area contributed by atoms with E-state index in [4.69, 9.17) is 10.7 Å². The average molecular weight is 301 g/mol. The quantitative estimate of drug-likeness (QED) is 0.803. The van der Waals surface area contributed by atoms with Crippen molar-refractivity contribution in [2.45, 2.75) is 5.16 Å². The summed E-state index contributed by atoms with van der Waals surface area (Å²) < 4.78 is 24.0. The molecule has 0 saturated carbocycles. The summed E-state index contributed by atoms with van der Waals surface area (Å²) in [7, 11) is 6.80. The third kappa shape index (κ3) is 2.71. The summed E-state index contributed by atoms with van der Waals surface area (Å²) in [5, 5.41) is 7.24. The molecule has 8 heteroatoms. The van der Waals surface area contributed by atoms with E-state index >= 15 is 0 Å². The summed E-state index contributed by atoms with van der Waals surface area (Å²) in [6.07, 6.45) is 0. The lowest BCUT2D eigenvalue weighted by Gasteiger charge is -2.13. The van der Waals surface area contributed by atoms with Crippen LogP contribution in [0.1, 0.15) is 0 Å². The van der Waals surface area contributed by atoms with E-state index in [2.05, 4.69) is 10.2 Å². The highest BCUT2D eigenvalue weighted by molar-refractivity contribution is 8.13. The number of anilines is 1. The fourth-order valence-corrected chi connectivity index (χ4v) is 2.66. The van der Waals surface area contributed by atoms with Gasteiger partial charge in [-0.2, -0.15) is 0 Å². The lowest BCUT2D eigenvalue weighted by atomic mass is 10.2. The van der Waals surface area contributed by atoms with E-state index in [0.717, 1.165) is 11.3 Å². The van der Waals surface area contributed by atoms with Gasteiger partial charge in [0.25, 0.3) is 14.2 Å². The topological polar surface area (TPSA) is 68.1 Å². The Bertz CT molecular complexity index is 709. The standard InChI is InChI=1S/C11H13ClN4O2S/c1-15(2)9-6-4-5-8(7-9)10-13-14-11(16(10)3)19(12,17)18/h4-7H,1-3H3. The normalized spacial score (nSPS) is 11.6. The minimum atomic E-state index is -3.90. The van der Waals surface area contributed by atoms with Crippen molar-refractivity contribution in [1.29, 1.82) is 0 Å². The van der Waals surface area contributed by atoms with E-state index in [1.165, 1.54) is 4.57 Å². The molecule has 2 rings (SSSR count). The zero-order valence-electron chi connectivity index (χ0n) is 10.7. The van der Waals surface area contributed by atoms with Crippen molar-refractivity contribution >= 4 is 25.4 Å². The fourth-order valence-electron chi connectivity index (χ4n) is 1.70. The smallest absolute Gasteiger partial charge is 0.296 e. The molecule has 0 radical (unpaired) electrons. The Morgan fingerprint density at radius 1 is 1.26 bits per heavy atom. The minimum absolute atomic E-state index is 0.264. The van der Waals surface area contributed by atoms with Crippen LogP contribution in [0.4, 0.5) is 5.69 Å². The van der Waals surface area contributed by atoms with Crippen LogP contribution in [0.2, 0.25) is 0 Å². The predicted molar refractivity (Wildman–Crippen MR) is 73.8 cm³/mol. The molecule has 1 aromatic heterocycles. The van der Waals surface area contributed by atoms with Gasteiger partial charge in [-0.05, 0) is 12.1 Å². The van der Waals surface area contributed by atoms with Crippen LogP contribution in [0.15, 0.2) is 29.4 Å².